The number of hydrogen-bond acceptors (Lipinski definition) is 2. The zero-order valence-corrected chi connectivity index (χ0v) is 5.32. The highest BCUT2D eigenvalue weighted by Crippen LogP contribution is 2.09. The lowest BCUT2D eigenvalue weighted by molar-refractivity contribution is 0.530. The number of nitrogens with zero attached hydrogens (tertiary/aromatic N) is 1. The fourth-order valence-electron chi connectivity index (χ4n) is 0.691. The SMILES string of the molecule is [CH2-]N1CCCS1(=O)=O. The van der Waals surface area contributed by atoms with E-state index in [9.17, 15) is 8.42 Å². The summed E-state index contributed by atoms with van der Waals surface area (Å²) < 4.78 is 22.4. The summed E-state index contributed by atoms with van der Waals surface area (Å²) in [5, 5.41) is 0. The van der Waals surface area contributed by atoms with Crippen LogP contribution in [0, 0.1) is 7.05 Å². The third kappa shape index (κ3) is 0.855. The van der Waals surface area contributed by atoms with Crippen LogP contribution in [0.3, 0.4) is 0 Å². The van der Waals surface area contributed by atoms with E-state index >= 15 is 0 Å². The number of rotatable bonds is 0. The molecule has 1 aliphatic heterocycles. The van der Waals surface area contributed by atoms with Crippen LogP contribution in [-0.4, -0.2) is 25.0 Å². The summed E-state index contributed by atoms with van der Waals surface area (Å²) >= 11 is 0. The summed E-state index contributed by atoms with van der Waals surface area (Å²) in [6.07, 6.45) is 0.728. The Morgan fingerprint density at radius 2 is 2.12 bits per heavy atom. The second-order valence-electron chi connectivity index (χ2n) is 1.85. The van der Waals surface area contributed by atoms with Crippen molar-refractivity contribution in [1.29, 1.82) is 0 Å². The molecule has 0 spiro atoms. The topological polar surface area (TPSA) is 37.4 Å². The van der Waals surface area contributed by atoms with Crippen molar-refractivity contribution in [2.45, 2.75) is 6.42 Å². The molecule has 0 aromatic heterocycles. The van der Waals surface area contributed by atoms with E-state index in [1.165, 1.54) is 0 Å². The van der Waals surface area contributed by atoms with Crippen LogP contribution in [0.15, 0.2) is 0 Å². The molecule has 0 amide bonds. The van der Waals surface area contributed by atoms with Crippen molar-refractivity contribution in [2.75, 3.05) is 12.3 Å². The molecule has 0 atom stereocenters. The molecular weight excluding hydrogens is 126 g/mol. The minimum absolute atomic E-state index is 0.274. The summed E-state index contributed by atoms with van der Waals surface area (Å²) in [6.45, 7) is 0.586. The summed E-state index contributed by atoms with van der Waals surface area (Å²) in [4.78, 5) is 0. The molecule has 1 rings (SSSR count). The average molecular weight is 134 g/mol. The third-order valence-corrected chi connectivity index (χ3v) is 2.98. The van der Waals surface area contributed by atoms with E-state index in [1.54, 1.807) is 0 Å². The average Bonchev–Trinajstić information content (AvgIpc) is 1.86. The quantitative estimate of drug-likeness (QED) is 0.431. The van der Waals surface area contributed by atoms with Crippen LogP contribution in [0.25, 0.3) is 0 Å². The molecule has 1 heterocycles. The van der Waals surface area contributed by atoms with E-state index in [1.807, 2.05) is 0 Å². The first-order valence-corrected chi connectivity index (χ1v) is 4.05. The molecule has 0 aromatic carbocycles. The highest BCUT2D eigenvalue weighted by molar-refractivity contribution is 7.89. The molecular formula is C4H8NO2S-. The van der Waals surface area contributed by atoms with Gasteiger partial charge in [-0.2, -0.15) is 0 Å². The van der Waals surface area contributed by atoms with E-state index in [-0.39, 0.29) is 5.75 Å². The van der Waals surface area contributed by atoms with E-state index in [0.717, 1.165) is 10.7 Å². The summed E-state index contributed by atoms with van der Waals surface area (Å²) in [5.74, 6) is 0.274. The van der Waals surface area contributed by atoms with Gasteiger partial charge in [0.2, 0.25) is 0 Å². The monoisotopic (exact) mass is 134 g/mol. The first-order valence-electron chi connectivity index (χ1n) is 2.44. The minimum atomic E-state index is -2.90. The maximum atomic E-state index is 10.6. The molecule has 4 heteroatoms. The van der Waals surface area contributed by atoms with Gasteiger partial charge in [-0.05, 0) is 13.0 Å². The van der Waals surface area contributed by atoms with Gasteiger partial charge in [0.15, 0.2) is 10.0 Å². The third-order valence-electron chi connectivity index (χ3n) is 1.20. The van der Waals surface area contributed by atoms with Crippen molar-refractivity contribution in [2.24, 2.45) is 0 Å². The highest BCUT2D eigenvalue weighted by Gasteiger charge is 2.18. The normalized spacial score (nSPS) is 28.6. The van der Waals surface area contributed by atoms with Gasteiger partial charge in [-0.25, -0.2) is 8.42 Å². The van der Waals surface area contributed by atoms with Crippen molar-refractivity contribution >= 4 is 10.0 Å². The van der Waals surface area contributed by atoms with Gasteiger partial charge in [0, 0.05) is 0 Å². The van der Waals surface area contributed by atoms with Gasteiger partial charge in [-0.3, -0.25) is 7.05 Å². The van der Waals surface area contributed by atoms with Gasteiger partial charge in [0.05, 0.1) is 5.75 Å². The van der Waals surface area contributed by atoms with Crippen LogP contribution < -0.4 is 0 Å². The predicted octanol–water partition coefficient (Wildman–Crippen LogP) is -0.187. The zero-order valence-electron chi connectivity index (χ0n) is 4.50. The Balaban J connectivity index is 2.85. The molecule has 0 saturated carbocycles. The molecule has 0 N–H and O–H groups in total. The molecule has 0 aromatic rings. The van der Waals surface area contributed by atoms with Crippen LogP contribution in [-0.2, 0) is 10.0 Å². The van der Waals surface area contributed by atoms with Crippen LogP contribution in [0.2, 0.25) is 0 Å². The van der Waals surface area contributed by atoms with Gasteiger partial charge >= 0.3 is 0 Å². The minimum Gasteiger partial charge on any atom is -0.354 e. The predicted molar refractivity (Wildman–Crippen MR) is 30.5 cm³/mol. The number of sulfonamides is 1. The van der Waals surface area contributed by atoms with Gasteiger partial charge < -0.3 is 4.31 Å². The Morgan fingerprint density at radius 1 is 1.50 bits per heavy atom. The fraction of sp³-hybridized carbons (Fsp3) is 0.750. The van der Waals surface area contributed by atoms with Crippen molar-refractivity contribution < 1.29 is 8.42 Å². The Hall–Kier alpha value is -0.0900. The molecule has 0 radical (unpaired) electrons. The Kier molecular flexibility index (Phi) is 1.28. The second kappa shape index (κ2) is 1.70. The van der Waals surface area contributed by atoms with E-state index in [0.29, 0.717) is 6.54 Å². The molecule has 0 unspecified atom stereocenters. The van der Waals surface area contributed by atoms with Crippen molar-refractivity contribution in [3.63, 3.8) is 0 Å². The van der Waals surface area contributed by atoms with Crippen LogP contribution in [0.4, 0.5) is 0 Å². The van der Waals surface area contributed by atoms with Gasteiger partial charge in [0.25, 0.3) is 0 Å². The van der Waals surface area contributed by atoms with Crippen molar-refractivity contribution in [3.8, 4) is 0 Å². The molecule has 8 heavy (non-hydrogen) atoms. The molecule has 1 saturated heterocycles. The van der Waals surface area contributed by atoms with Crippen molar-refractivity contribution in [1.82, 2.24) is 4.31 Å². The lowest BCUT2D eigenvalue weighted by Gasteiger charge is -2.13. The summed E-state index contributed by atoms with van der Waals surface area (Å²) in [5.41, 5.74) is 0. The fourth-order valence-corrected chi connectivity index (χ4v) is 1.85. The van der Waals surface area contributed by atoms with Gasteiger partial charge in [0.1, 0.15) is 0 Å². The standard InChI is InChI=1S/C4H8NO2S/c1-5-3-2-4-8(5,6)7/h1-4H2/q-1. The first-order chi connectivity index (χ1) is 3.63. The Labute approximate surface area is 49.3 Å². The second-order valence-corrected chi connectivity index (χ2v) is 3.93. The summed E-state index contributed by atoms with van der Waals surface area (Å²) in [7, 11) is 0.433. The van der Waals surface area contributed by atoms with Crippen LogP contribution in [0.1, 0.15) is 6.42 Å². The Bertz CT molecular complexity index is 172. The Morgan fingerprint density at radius 3 is 2.25 bits per heavy atom. The van der Waals surface area contributed by atoms with E-state index < -0.39 is 10.0 Å². The molecule has 3 nitrogen and oxygen atoms in total. The lowest BCUT2D eigenvalue weighted by Crippen LogP contribution is -2.17. The smallest absolute Gasteiger partial charge is 0.186 e. The number of hydrogen-bond donors (Lipinski definition) is 0. The molecule has 1 aliphatic rings. The molecule has 48 valence electrons. The lowest BCUT2D eigenvalue weighted by atomic mass is 10.5. The zero-order chi connectivity index (χ0) is 6.20. The highest BCUT2D eigenvalue weighted by atomic mass is 32.2. The van der Waals surface area contributed by atoms with Crippen molar-refractivity contribution in [3.05, 3.63) is 7.05 Å². The van der Waals surface area contributed by atoms with E-state index in [2.05, 4.69) is 7.05 Å². The van der Waals surface area contributed by atoms with Gasteiger partial charge in [-0.15, -0.1) is 0 Å². The maximum absolute atomic E-state index is 10.6. The largest absolute Gasteiger partial charge is 0.354 e. The van der Waals surface area contributed by atoms with E-state index in [4.69, 9.17) is 0 Å². The van der Waals surface area contributed by atoms with Crippen LogP contribution in [0.5, 0.6) is 0 Å². The van der Waals surface area contributed by atoms with Crippen LogP contribution >= 0.6 is 0 Å². The van der Waals surface area contributed by atoms with Gasteiger partial charge in [-0.1, -0.05) is 0 Å². The molecule has 0 aliphatic carbocycles. The molecule has 0 bridgehead atoms. The summed E-state index contributed by atoms with van der Waals surface area (Å²) in [6, 6.07) is 0. The molecule has 1 fully saturated rings. The first kappa shape index (κ1) is 6.04. The maximum Gasteiger partial charge on any atom is 0.186 e.